The predicted octanol–water partition coefficient (Wildman–Crippen LogP) is 3.01. The van der Waals surface area contributed by atoms with Gasteiger partial charge in [0.1, 0.15) is 11.3 Å². The third kappa shape index (κ3) is 2.25. The molecule has 0 aromatic heterocycles. The minimum Gasteiger partial charge on any atom is -0.535 e. The first-order valence-electron chi connectivity index (χ1n) is 7.48. The Bertz CT molecular complexity index is 616. The molecule has 1 aromatic rings. The fourth-order valence-electron chi connectivity index (χ4n) is 3.26. The molecule has 21 heavy (non-hydrogen) atoms. The Morgan fingerprint density at radius 2 is 2.24 bits per heavy atom. The maximum Gasteiger partial charge on any atom is 0.526 e. The number of rotatable bonds is 4. The van der Waals surface area contributed by atoms with E-state index < -0.39 is 13.1 Å². The molecule has 1 aliphatic heterocycles. The van der Waals surface area contributed by atoms with E-state index in [4.69, 9.17) is 4.65 Å². The van der Waals surface area contributed by atoms with E-state index in [0.29, 0.717) is 16.9 Å². The molecule has 3 atom stereocenters. The first kappa shape index (κ1) is 13.5. The Kier molecular flexibility index (Phi) is 3.01. The van der Waals surface area contributed by atoms with Gasteiger partial charge in [0.05, 0.1) is 0 Å². The molecule has 4 rings (SSSR count). The van der Waals surface area contributed by atoms with Crippen LogP contribution >= 0.6 is 11.8 Å². The van der Waals surface area contributed by atoms with E-state index in [9.17, 15) is 14.9 Å². The van der Waals surface area contributed by atoms with E-state index >= 15 is 0 Å². The van der Waals surface area contributed by atoms with Gasteiger partial charge in [0.2, 0.25) is 0 Å². The first-order valence-corrected chi connectivity index (χ1v) is 8.35. The van der Waals surface area contributed by atoms with Crippen molar-refractivity contribution in [2.75, 3.05) is 0 Å². The van der Waals surface area contributed by atoms with Gasteiger partial charge >= 0.3 is 13.1 Å². The van der Waals surface area contributed by atoms with E-state index in [0.717, 1.165) is 16.9 Å². The highest BCUT2D eigenvalue weighted by atomic mass is 32.2. The summed E-state index contributed by atoms with van der Waals surface area (Å²) in [5.74, 6) is 0.530. The highest BCUT2D eigenvalue weighted by molar-refractivity contribution is 8.00. The number of carboxylic acid groups (broad SMARTS) is 1. The monoisotopic (exact) mass is 304 g/mol. The van der Waals surface area contributed by atoms with Crippen LogP contribution in [0.1, 0.15) is 48.0 Å². The topological polar surface area (TPSA) is 66.8 Å². The van der Waals surface area contributed by atoms with Crippen molar-refractivity contribution in [3.63, 3.8) is 0 Å². The molecule has 2 fully saturated rings. The molecule has 1 aromatic carbocycles. The van der Waals surface area contributed by atoms with Crippen LogP contribution in [-0.2, 0) is 0 Å². The molecule has 0 bridgehead atoms. The summed E-state index contributed by atoms with van der Waals surface area (Å²) in [7, 11) is -0.860. The van der Waals surface area contributed by atoms with Gasteiger partial charge in [-0.1, -0.05) is 13.0 Å². The predicted molar refractivity (Wildman–Crippen MR) is 81.2 cm³/mol. The number of carboxylic acids is 1. The molecule has 0 radical (unpaired) electrons. The summed E-state index contributed by atoms with van der Waals surface area (Å²) in [5, 5.41) is 19.9. The lowest BCUT2D eigenvalue weighted by atomic mass is 9.77. The highest BCUT2D eigenvalue weighted by Crippen LogP contribution is 2.61. The van der Waals surface area contributed by atoms with Gasteiger partial charge in [0.25, 0.3) is 0 Å². The summed E-state index contributed by atoms with van der Waals surface area (Å²) >= 11 is 1.62. The van der Waals surface area contributed by atoms with Crippen molar-refractivity contribution in [3.05, 3.63) is 23.3 Å². The van der Waals surface area contributed by atoms with Crippen molar-refractivity contribution in [1.82, 2.24) is 0 Å². The number of fused-ring (bicyclic) bond motifs is 3. The number of thioether (sulfide) groups is 1. The lowest BCUT2D eigenvalue weighted by Crippen LogP contribution is -2.27. The highest BCUT2D eigenvalue weighted by Gasteiger charge is 2.54. The largest absolute Gasteiger partial charge is 0.535 e. The van der Waals surface area contributed by atoms with E-state index in [1.807, 2.05) is 12.1 Å². The Morgan fingerprint density at radius 3 is 2.90 bits per heavy atom. The van der Waals surface area contributed by atoms with Crippen LogP contribution in [0.3, 0.4) is 0 Å². The van der Waals surface area contributed by atoms with E-state index in [2.05, 4.69) is 6.92 Å². The maximum absolute atomic E-state index is 11.7. The van der Waals surface area contributed by atoms with Gasteiger partial charge in [0, 0.05) is 16.0 Å². The van der Waals surface area contributed by atoms with Crippen LogP contribution in [0.15, 0.2) is 17.0 Å². The van der Waals surface area contributed by atoms with E-state index in [1.54, 1.807) is 11.8 Å². The van der Waals surface area contributed by atoms with Gasteiger partial charge < -0.3 is 14.8 Å². The average Bonchev–Trinajstić information content (AvgIpc) is 3.29. The van der Waals surface area contributed by atoms with E-state index in [-0.39, 0.29) is 17.3 Å². The second kappa shape index (κ2) is 4.68. The maximum atomic E-state index is 11.7. The van der Waals surface area contributed by atoms with Crippen LogP contribution in [0.5, 0.6) is 5.75 Å². The molecule has 2 aliphatic carbocycles. The van der Waals surface area contributed by atoms with Crippen molar-refractivity contribution >= 4 is 24.8 Å². The second-order valence-corrected chi connectivity index (χ2v) is 7.76. The Morgan fingerprint density at radius 1 is 1.48 bits per heavy atom. The first-order chi connectivity index (χ1) is 10.1. The standard InChI is InChI=1S/C15H17BO4S/c1-7(8-2-3-8)21-12-5-4-9-10-6-11(10)16(19)20-14(9)13(12)15(17)18/h4-5,7-8,10-11,19H,2-3,6H2,1H3,(H,17,18). The normalized spacial score (nSPS) is 27.4. The van der Waals surface area contributed by atoms with Crippen molar-refractivity contribution < 1.29 is 19.6 Å². The number of benzene rings is 1. The smallest absolute Gasteiger partial charge is 0.526 e. The zero-order valence-corrected chi connectivity index (χ0v) is 12.6. The molecule has 110 valence electrons. The fourth-order valence-corrected chi connectivity index (χ4v) is 4.57. The molecular weight excluding hydrogens is 287 g/mol. The minimum atomic E-state index is -0.969. The molecule has 4 nitrogen and oxygen atoms in total. The van der Waals surface area contributed by atoms with E-state index in [1.165, 1.54) is 12.8 Å². The van der Waals surface area contributed by atoms with Crippen LogP contribution in [0.4, 0.5) is 0 Å². The second-order valence-electron chi connectivity index (χ2n) is 6.34. The summed E-state index contributed by atoms with van der Waals surface area (Å²) in [6.45, 7) is 2.15. The summed E-state index contributed by atoms with van der Waals surface area (Å²) < 4.78 is 5.54. The molecule has 3 unspecified atom stereocenters. The molecule has 2 N–H and O–H groups in total. The molecular formula is C15H17BO4S. The molecule has 0 spiro atoms. The van der Waals surface area contributed by atoms with Crippen LogP contribution in [0.25, 0.3) is 0 Å². The van der Waals surface area contributed by atoms with Gasteiger partial charge in [-0.25, -0.2) is 4.79 Å². The minimum absolute atomic E-state index is 0.142. The van der Waals surface area contributed by atoms with Crippen LogP contribution < -0.4 is 4.65 Å². The van der Waals surface area contributed by atoms with Crippen LogP contribution in [0.2, 0.25) is 5.82 Å². The van der Waals surface area contributed by atoms with Gasteiger partial charge in [-0.3, -0.25) is 0 Å². The van der Waals surface area contributed by atoms with Crippen molar-refractivity contribution in [3.8, 4) is 5.75 Å². The molecule has 2 saturated carbocycles. The number of carbonyl (C=O) groups is 1. The lowest BCUT2D eigenvalue weighted by Gasteiger charge is -2.23. The Hall–Kier alpha value is -1.14. The third-order valence-corrected chi connectivity index (χ3v) is 6.16. The number of hydrogen-bond acceptors (Lipinski definition) is 4. The number of hydrogen-bond donors (Lipinski definition) is 2. The van der Waals surface area contributed by atoms with Gasteiger partial charge in [-0.05, 0) is 42.7 Å². The van der Waals surface area contributed by atoms with Gasteiger partial charge in [0.15, 0.2) is 0 Å². The van der Waals surface area contributed by atoms with Crippen LogP contribution in [0, 0.1) is 5.92 Å². The fraction of sp³-hybridized carbons (Fsp3) is 0.533. The van der Waals surface area contributed by atoms with Gasteiger partial charge in [-0.15, -0.1) is 11.8 Å². The number of aromatic carboxylic acids is 1. The zero-order chi connectivity index (χ0) is 14.7. The van der Waals surface area contributed by atoms with Gasteiger partial charge in [-0.2, -0.15) is 0 Å². The zero-order valence-electron chi connectivity index (χ0n) is 11.8. The summed E-state index contributed by atoms with van der Waals surface area (Å²) in [5.41, 5.74) is 1.18. The van der Waals surface area contributed by atoms with Crippen LogP contribution in [-0.4, -0.2) is 28.5 Å². The molecule has 0 amide bonds. The average molecular weight is 304 g/mol. The quantitative estimate of drug-likeness (QED) is 0.661. The molecule has 6 heteroatoms. The summed E-state index contributed by atoms with van der Waals surface area (Å²) in [6.07, 6.45) is 3.36. The van der Waals surface area contributed by atoms with Crippen molar-refractivity contribution in [2.45, 2.75) is 48.1 Å². The Balaban J connectivity index is 1.74. The lowest BCUT2D eigenvalue weighted by molar-refractivity contribution is 0.0690. The summed E-state index contributed by atoms with van der Waals surface area (Å²) in [6, 6.07) is 3.91. The van der Waals surface area contributed by atoms with Crippen molar-refractivity contribution in [2.24, 2.45) is 5.92 Å². The molecule has 3 aliphatic rings. The molecule has 0 saturated heterocycles. The third-order valence-electron chi connectivity index (χ3n) is 4.81. The van der Waals surface area contributed by atoms with Crippen molar-refractivity contribution in [1.29, 1.82) is 0 Å². The summed E-state index contributed by atoms with van der Waals surface area (Å²) in [4.78, 5) is 12.5. The molecule has 1 heterocycles. The SMILES string of the molecule is CC(Sc1ccc2c(c1C(=O)O)OB(O)C1CC21)C1CC1. The Labute approximate surface area is 128 Å².